The zero-order valence-electron chi connectivity index (χ0n) is 9.54. The molecule has 0 aliphatic heterocycles. The molecule has 0 N–H and O–H groups in total. The second-order valence-corrected chi connectivity index (χ2v) is 5.61. The predicted octanol–water partition coefficient (Wildman–Crippen LogP) is 4.38. The van der Waals surface area contributed by atoms with Crippen LogP contribution >= 0.6 is 27.7 Å². The lowest BCUT2D eigenvalue weighted by atomic mass is 10.2. The van der Waals surface area contributed by atoms with E-state index < -0.39 is 4.92 Å². The van der Waals surface area contributed by atoms with Crippen molar-refractivity contribution in [3.8, 4) is 6.07 Å². The van der Waals surface area contributed by atoms with Gasteiger partial charge in [0.25, 0.3) is 5.69 Å². The number of rotatable bonds is 3. The van der Waals surface area contributed by atoms with Crippen LogP contribution in [0.4, 0.5) is 5.69 Å². The van der Waals surface area contributed by atoms with E-state index in [4.69, 9.17) is 5.26 Å². The van der Waals surface area contributed by atoms with E-state index in [2.05, 4.69) is 15.9 Å². The van der Waals surface area contributed by atoms with Crippen LogP contribution in [0.25, 0.3) is 0 Å². The van der Waals surface area contributed by atoms with Gasteiger partial charge in [-0.2, -0.15) is 5.26 Å². The number of halogens is 1. The highest BCUT2D eigenvalue weighted by molar-refractivity contribution is 9.10. The Morgan fingerprint density at radius 1 is 1.26 bits per heavy atom. The maximum Gasteiger partial charge on any atom is 0.288 e. The molecule has 0 aliphatic carbocycles. The summed E-state index contributed by atoms with van der Waals surface area (Å²) in [5.41, 5.74) is -0.0695. The maximum absolute atomic E-state index is 10.9. The van der Waals surface area contributed by atoms with E-state index in [1.54, 1.807) is 12.1 Å². The molecule has 2 aromatic carbocycles. The number of nitrogens with zero attached hydrogens (tertiary/aromatic N) is 2. The second-order valence-electron chi connectivity index (χ2n) is 3.58. The van der Waals surface area contributed by atoms with Crippen molar-refractivity contribution in [1.82, 2.24) is 0 Å². The van der Waals surface area contributed by atoms with Crippen molar-refractivity contribution in [2.45, 2.75) is 9.79 Å². The van der Waals surface area contributed by atoms with Gasteiger partial charge in [0.1, 0.15) is 11.6 Å². The predicted molar refractivity (Wildman–Crippen MR) is 76.1 cm³/mol. The average molecular weight is 335 g/mol. The molecule has 0 bridgehead atoms. The number of nitriles is 1. The molecule has 0 aromatic heterocycles. The lowest BCUT2D eigenvalue weighted by molar-refractivity contribution is -0.385. The van der Waals surface area contributed by atoms with Crippen molar-refractivity contribution >= 4 is 33.4 Å². The molecular formula is C13H7BrN2O2S. The van der Waals surface area contributed by atoms with Gasteiger partial charge in [0.15, 0.2) is 0 Å². The SMILES string of the molecule is N#Cc1c(Sc2cccc(Br)c2)cccc1[N+](=O)[O-]. The highest BCUT2D eigenvalue weighted by Crippen LogP contribution is 2.35. The number of hydrogen-bond donors (Lipinski definition) is 0. The number of nitro benzene ring substituents is 1. The van der Waals surface area contributed by atoms with Crippen molar-refractivity contribution in [3.05, 3.63) is 62.6 Å². The van der Waals surface area contributed by atoms with Crippen LogP contribution in [0.15, 0.2) is 56.7 Å². The molecule has 0 saturated heterocycles. The molecule has 0 amide bonds. The number of benzene rings is 2. The summed E-state index contributed by atoms with van der Waals surface area (Å²) in [6, 6.07) is 14.1. The van der Waals surface area contributed by atoms with Crippen LogP contribution in [-0.2, 0) is 0 Å². The standard InChI is InChI=1S/C13H7BrN2O2S/c14-9-3-1-4-10(7-9)19-13-6-2-5-12(16(17)18)11(13)8-15/h1-7H. The van der Waals surface area contributed by atoms with E-state index in [1.807, 2.05) is 30.3 Å². The average Bonchev–Trinajstić information content (AvgIpc) is 2.38. The van der Waals surface area contributed by atoms with Crippen molar-refractivity contribution < 1.29 is 4.92 Å². The van der Waals surface area contributed by atoms with Gasteiger partial charge in [0.05, 0.1) is 4.92 Å². The lowest BCUT2D eigenvalue weighted by Crippen LogP contribution is -1.93. The van der Waals surface area contributed by atoms with Gasteiger partial charge in [0.2, 0.25) is 0 Å². The first-order valence-electron chi connectivity index (χ1n) is 5.22. The van der Waals surface area contributed by atoms with Crippen LogP contribution in [0.3, 0.4) is 0 Å². The molecular weight excluding hydrogens is 328 g/mol. The molecule has 6 heteroatoms. The zero-order chi connectivity index (χ0) is 13.8. The van der Waals surface area contributed by atoms with E-state index in [0.29, 0.717) is 4.90 Å². The van der Waals surface area contributed by atoms with Crippen molar-refractivity contribution in [2.75, 3.05) is 0 Å². The lowest BCUT2D eigenvalue weighted by Gasteiger charge is -2.04. The molecule has 0 radical (unpaired) electrons. The van der Waals surface area contributed by atoms with Gasteiger partial charge in [-0.25, -0.2) is 0 Å². The summed E-state index contributed by atoms with van der Waals surface area (Å²) in [6.45, 7) is 0. The maximum atomic E-state index is 10.9. The molecule has 2 aromatic rings. The van der Waals surface area contributed by atoms with Gasteiger partial charge < -0.3 is 0 Å². The van der Waals surface area contributed by atoms with Crippen LogP contribution in [-0.4, -0.2) is 4.92 Å². The molecule has 0 unspecified atom stereocenters. The summed E-state index contributed by atoms with van der Waals surface area (Å²) in [5, 5.41) is 20.0. The Balaban J connectivity index is 2.44. The van der Waals surface area contributed by atoms with Crippen LogP contribution in [0.1, 0.15) is 5.56 Å². The molecule has 0 fully saturated rings. The topological polar surface area (TPSA) is 66.9 Å². The summed E-state index contributed by atoms with van der Waals surface area (Å²) in [6.07, 6.45) is 0. The number of hydrogen-bond acceptors (Lipinski definition) is 4. The van der Waals surface area contributed by atoms with E-state index in [-0.39, 0.29) is 11.3 Å². The number of nitro groups is 1. The van der Waals surface area contributed by atoms with E-state index >= 15 is 0 Å². The first-order valence-corrected chi connectivity index (χ1v) is 6.83. The molecule has 0 aliphatic rings. The molecule has 0 atom stereocenters. The third-order valence-electron chi connectivity index (χ3n) is 2.34. The Bertz CT molecular complexity index is 683. The first-order chi connectivity index (χ1) is 9.11. The Morgan fingerprint density at radius 3 is 2.63 bits per heavy atom. The highest BCUT2D eigenvalue weighted by Gasteiger charge is 2.17. The largest absolute Gasteiger partial charge is 0.288 e. The molecule has 2 rings (SSSR count). The van der Waals surface area contributed by atoms with Gasteiger partial charge in [-0.3, -0.25) is 10.1 Å². The third-order valence-corrected chi connectivity index (χ3v) is 3.88. The molecule has 4 nitrogen and oxygen atoms in total. The first kappa shape index (κ1) is 13.6. The van der Waals surface area contributed by atoms with E-state index in [9.17, 15) is 10.1 Å². The van der Waals surface area contributed by atoms with Crippen molar-refractivity contribution in [1.29, 1.82) is 5.26 Å². The highest BCUT2D eigenvalue weighted by atomic mass is 79.9. The summed E-state index contributed by atoms with van der Waals surface area (Å²) in [7, 11) is 0. The van der Waals surface area contributed by atoms with E-state index in [0.717, 1.165) is 9.37 Å². The summed E-state index contributed by atoms with van der Waals surface area (Å²) < 4.78 is 0.918. The summed E-state index contributed by atoms with van der Waals surface area (Å²) in [4.78, 5) is 11.8. The Hall–Kier alpha value is -1.84. The Kier molecular flexibility index (Phi) is 4.20. The molecule has 0 spiro atoms. The fraction of sp³-hybridized carbons (Fsp3) is 0. The fourth-order valence-electron chi connectivity index (χ4n) is 1.53. The smallest absolute Gasteiger partial charge is 0.258 e. The molecule has 0 heterocycles. The van der Waals surface area contributed by atoms with Crippen LogP contribution in [0.5, 0.6) is 0 Å². The normalized spacial score (nSPS) is 9.89. The summed E-state index contributed by atoms with van der Waals surface area (Å²) in [5.74, 6) is 0. The molecule has 94 valence electrons. The molecule has 0 saturated carbocycles. The van der Waals surface area contributed by atoms with Crippen molar-refractivity contribution in [3.63, 3.8) is 0 Å². The zero-order valence-corrected chi connectivity index (χ0v) is 11.9. The van der Waals surface area contributed by atoms with Crippen LogP contribution < -0.4 is 0 Å². The summed E-state index contributed by atoms with van der Waals surface area (Å²) >= 11 is 4.69. The van der Waals surface area contributed by atoms with Gasteiger partial charge in [-0.15, -0.1) is 0 Å². The van der Waals surface area contributed by atoms with Gasteiger partial charge in [-0.05, 0) is 24.3 Å². The van der Waals surface area contributed by atoms with Crippen LogP contribution in [0, 0.1) is 21.4 Å². The Morgan fingerprint density at radius 2 is 2.00 bits per heavy atom. The van der Waals surface area contributed by atoms with Crippen LogP contribution in [0.2, 0.25) is 0 Å². The molecule has 19 heavy (non-hydrogen) atoms. The quantitative estimate of drug-likeness (QED) is 0.617. The van der Waals surface area contributed by atoms with E-state index in [1.165, 1.54) is 17.8 Å². The monoisotopic (exact) mass is 334 g/mol. The van der Waals surface area contributed by atoms with Gasteiger partial charge in [0, 0.05) is 20.3 Å². The third kappa shape index (κ3) is 3.13. The fourth-order valence-corrected chi connectivity index (χ4v) is 3.06. The van der Waals surface area contributed by atoms with Gasteiger partial charge >= 0.3 is 0 Å². The minimum Gasteiger partial charge on any atom is -0.258 e. The Labute approximate surface area is 122 Å². The minimum atomic E-state index is -0.538. The minimum absolute atomic E-state index is 0.0949. The van der Waals surface area contributed by atoms with Gasteiger partial charge in [-0.1, -0.05) is 39.8 Å². The second kappa shape index (κ2) is 5.87. The van der Waals surface area contributed by atoms with Crippen molar-refractivity contribution in [2.24, 2.45) is 0 Å².